The first-order valence-electron chi connectivity index (χ1n) is 7.22. The van der Waals surface area contributed by atoms with Crippen molar-refractivity contribution in [2.24, 2.45) is 0 Å². The number of pyridine rings is 1. The molecule has 10 heteroatoms. The van der Waals surface area contributed by atoms with Gasteiger partial charge in [0.2, 0.25) is 5.91 Å². The normalized spacial score (nSPS) is 24.9. The van der Waals surface area contributed by atoms with E-state index in [0.29, 0.717) is 17.4 Å². The standard InChI is InChI=1S/C14H17ClF2N4O.2ClH/c15-10-2-1-4-18-12(10)21-5-3-9(7-21)20-13(22)11-6-14(16,17)8-19-11;;/h1-2,4,9,11,19H,3,5-8H2,(H,20,22);2*1H. The second-order valence-corrected chi connectivity index (χ2v) is 6.15. The van der Waals surface area contributed by atoms with Crippen LogP contribution in [-0.2, 0) is 4.79 Å². The van der Waals surface area contributed by atoms with E-state index in [9.17, 15) is 13.6 Å². The molecular formula is C14H19Cl3F2N4O. The summed E-state index contributed by atoms with van der Waals surface area (Å²) in [4.78, 5) is 18.3. The summed E-state index contributed by atoms with van der Waals surface area (Å²) in [5.74, 6) is -2.48. The highest BCUT2D eigenvalue weighted by atomic mass is 35.5. The summed E-state index contributed by atoms with van der Waals surface area (Å²) in [7, 11) is 0. The molecule has 3 heterocycles. The van der Waals surface area contributed by atoms with Gasteiger partial charge in [-0.1, -0.05) is 11.6 Å². The Labute approximate surface area is 156 Å². The molecule has 2 N–H and O–H groups in total. The zero-order valence-electron chi connectivity index (χ0n) is 12.7. The smallest absolute Gasteiger partial charge is 0.262 e. The predicted molar refractivity (Wildman–Crippen MR) is 93.9 cm³/mol. The Bertz CT molecular complexity index is 579. The van der Waals surface area contributed by atoms with Crippen molar-refractivity contribution in [3.05, 3.63) is 23.4 Å². The number of carbonyl (C=O) groups excluding carboxylic acids is 1. The van der Waals surface area contributed by atoms with Crippen molar-refractivity contribution in [2.45, 2.75) is 30.8 Å². The molecule has 1 aromatic rings. The van der Waals surface area contributed by atoms with Crippen LogP contribution in [0, 0.1) is 0 Å². The summed E-state index contributed by atoms with van der Waals surface area (Å²) in [5.41, 5.74) is 0. The number of nitrogens with one attached hydrogen (secondary N) is 2. The number of aromatic nitrogens is 1. The van der Waals surface area contributed by atoms with Gasteiger partial charge in [0.05, 0.1) is 17.6 Å². The first kappa shape index (κ1) is 21.2. The van der Waals surface area contributed by atoms with Crippen molar-refractivity contribution < 1.29 is 13.6 Å². The van der Waals surface area contributed by atoms with Crippen molar-refractivity contribution in [1.82, 2.24) is 15.6 Å². The minimum absolute atomic E-state index is 0. The number of rotatable bonds is 3. The van der Waals surface area contributed by atoms with E-state index in [0.717, 1.165) is 13.0 Å². The minimum Gasteiger partial charge on any atom is -0.353 e. The molecule has 1 aromatic heterocycles. The molecule has 2 aliphatic heterocycles. The molecule has 2 unspecified atom stereocenters. The summed E-state index contributed by atoms with van der Waals surface area (Å²) in [6, 6.07) is 2.62. The third kappa shape index (κ3) is 4.81. The van der Waals surface area contributed by atoms with Gasteiger partial charge in [0, 0.05) is 31.7 Å². The van der Waals surface area contributed by atoms with Crippen LogP contribution in [0.1, 0.15) is 12.8 Å². The highest BCUT2D eigenvalue weighted by molar-refractivity contribution is 6.32. The van der Waals surface area contributed by atoms with Crippen molar-refractivity contribution >= 4 is 48.1 Å². The monoisotopic (exact) mass is 402 g/mol. The van der Waals surface area contributed by atoms with Crippen molar-refractivity contribution in [3.8, 4) is 0 Å². The van der Waals surface area contributed by atoms with Gasteiger partial charge in [0.25, 0.3) is 5.92 Å². The van der Waals surface area contributed by atoms with Gasteiger partial charge in [-0.2, -0.15) is 0 Å². The summed E-state index contributed by atoms with van der Waals surface area (Å²) in [5, 5.41) is 5.96. The Morgan fingerprint density at radius 1 is 1.46 bits per heavy atom. The summed E-state index contributed by atoms with van der Waals surface area (Å²) in [6.07, 6.45) is 1.96. The fraction of sp³-hybridized carbons (Fsp3) is 0.571. The minimum atomic E-state index is -2.80. The molecule has 0 radical (unpaired) electrons. The van der Waals surface area contributed by atoms with E-state index in [1.54, 1.807) is 18.3 Å². The van der Waals surface area contributed by atoms with Crippen LogP contribution in [0.3, 0.4) is 0 Å². The van der Waals surface area contributed by atoms with E-state index >= 15 is 0 Å². The molecule has 0 bridgehead atoms. The maximum absolute atomic E-state index is 13.1. The Morgan fingerprint density at radius 3 is 2.83 bits per heavy atom. The van der Waals surface area contributed by atoms with Crippen LogP contribution in [0.5, 0.6) is 0 Å². The lowest BCUT2D eigenvalue weighted by Gasteiger charge is -2.20. The highest BCUT2D eigenvalue weighted by Crippen LogP contribution is 2.27. The zero-order valence-corrected chi connectivity index (χ0v) is 15.1. The number of alkyl halides is 2. The number of amides is 1. The average Bonchev–Trinajstić information content (AvgIpc) is 3.06. The molecule has 2 fully saturated rings. The second kappa shape index (κ2) is 8.47. The molecule has 2 saturated heterocycles. The van der Waals surface area contributed by atoms with E-state index in [1.165, 1.54) is 0 Å². The summed E-state index contributed by atoms with van der Waals surface area (Å²) >= 11 is 6.11. The fourth-order valence-corrected chi connectivity index (χ4v) is 3.12. The lowest BCUT2D eigenvalue weighted by Crippen LogP contribution is -2.46. The maximum atomic E-state index is 13.1. The van der Waals surface area contributed by atoms with Crippen LogP contribution < -0.4 is 15.5 Å². The molecule has 2 aliphatic rings. The Kier molecular flexibility index (Phi) is 7.46. The summed E-state index contributed by atoms with van der Waals surface area (Å²) < 4.78 is 26.2. The molecule has 3 rings (SSSR count). The number of hydrogen-bond donors (Lipinski definition) is 2. The number of halogens is 5. The first-order valence-corrected chi connectivity index (χ1v) is 7.59. The van der Waals surface area contributed by atoms with Crippen LogP contribution in [0.25, 0.3) is 0 Å². The van der Waals surface area contributed by atoms with Gasteiger partial charge in [-0.3, -0.25) is 10.1 Å². The predicted octanol–water partition coefficient (Wildman–Crippen LogP) is 2.27. The first-order chi connectivity index (χ1) is 10.4. The largest absolute Gasteiger partial charge is 0.353 e. The molecule has 5 nitrogen and oxygen atoms in total. The molecule has 1 amide bonds. The second-order valence-electron chi connectivity index (χ2n) is 5.74. The molecule has 0 aromatic carbocycles. The molecule has 2 atom stereocenters. The maximum Gasteiger partial charge on any atom is 0.262 e. The average molecular weight is 404 g/mol. The SMILES string of the molecule is Cl.Cl.O=C(NC1CCN(c2ncccc2Cl)C1)C1CC(F)(F)CN1. The third-order valence-corrected chi connectivity index (χ3v) is 4.29. The van der Waals surface area contributed by atoms with E-state index in [1.807, 2.05) is 4.90 Å². The van der Waals surface area contributed by atoms with Crippen LogP contribution in [0.2, 0.25) is 5.02 Å². The lowest BCUT2D eigenvalue weighted by atomic mass is 10.1. The zero-order chi connectivity index (χ0) is 15.7. The van der Waals surface area contributed by atoms with Gasteiger partial charge >= 0.3 is 0 Å². The molecule has 24 heavy (non-hydrogen) atoms. The number of carbonyl (C=O) groups is 1. The van der Waals surface area contributed by atoms with Crippen molar-refractivity contribution in [2.75, 3.05) is 24.5 Å². The van der Waals surface area contributed by atoms with Gasteiger partial charge in [-0.25, -0.2) is 13.8 Å². The topological polar surface area (TPSA) is 57.3 Å². The highest BCUT2D eigenvalue weighted by Gasteiger charge is 2.42. The third-order valence-electron chi connectivity index (χ3n) is 4.00. The Morgan fingerprint density at radius 2 is 2.21 bits per heavy atom. The number of hydrogen-bond acceptors (Lipinski definition) is 4. The Balaban J connectivity index is 0.00000144. The van der Waals surface area contributed by atoms with E-state index < -0.39 is 24.9 Å². The van der Waals surface area contributed by atoms with E-state index in [2.05, 4.69) is 15.6 Å². The molecular weight excluding hydrogens is 385 g/mol. The van der Waals surface area contributed by atoms with Crippen LogP contribution in [0.4, 0.5) is 14.6 Å². The van der Waals surface area contributed by atoms with Gasteiger partial charge < -0.3 is 10.2 Å². The van der Waals surface area contributed by atoms with Gasteiger partial charge in [0.15, 0.2) is 0 Å². The quantitative estimate of drug-likeness (QED) is 0.813. The lowest BCUT2D eigenvalue weighted by molar-refractivity contribution is -0.124. The van der Waals surface area contributed by atoms with Crippen LogP contribution >= 0.6 is 36.4 Å². The number of nitrogens with zero attached hydrogens (tertiary/aromatic N) is 2. The number of anilines is 1. The fourth-order valence-electron chi connectivity index (χ4n) is 2.88. The van der Waals surface area contributed by atoms with E-state index in [4.69, 9.17) is 11.6 Å². The van der Waals surface area contributed by atoms with Gasteiger partial charge in [0.1, 0.15) is 5.82 Å². The van der Waals surface area contributed by atoms with Crippen LogP contribution in [-0.4, -0.2) is 48.5 Å². The van der Waals surface area contributed by atoms with Crippen LogP contribution in [0.15, 0.2) is 18.3 Å². The van der Waals surface area contributed by atoms with Crippen molar-refractivity contribution in [1.29, 1.82) is 0 Å². The van der Waals surface area contributed by atoms with Gasteiger partial charge in [-0.15, -0.1) is 24.8 Å². The molecule has 136 valence electrons. The molecule has 0 spiro atoms. The Hall–Kier alpha value is -0.890. The molecule has 0 aliphatic carbocycles. The molecule has 0 saturated carbocycles. The van der Waals surface area contributed by atoms with Gasteiger partial charge in [-0.05, 0) is 18.6 Å². The summed E-state index contributed by atoms with van der Waals surface area (Å²) in [6.45, 7) is 0.854. The van der Waals surface area contributed by atoms with Crippen molar-refractivity contribution in [3.63, 3.8) is 0 Å². The van der Waals surface area contributed by atoms with E-state index in [-0.39, 0.29) is 36.8 Å².